The molecule has 0 fully saturated rings. The Morgan fingerprint density at radius 1 is 0.750 bits per heavy atom. The zero-order chi connectivity index (χ0) is 20.1. The lowest BCUT2D eigenvalue weighted by molar-refractivity contribution is 0.596. The maximum atomic E-state index is 5.07. The van der Waals surface area contributed by atoms with E-state index in [0.717, 1.165) is 11.2 Å². The van der Waals surface area contributed by atoms with Crippen LogP contribution in [0.3, 0.4) is 0 Å². The van der Waals surface area contributed by atoms with Crippen molar-refractivity contribution in [1.82, 2.24) is 4.98 Å². The Hall–Kier alpha value is -2.45. The maximum absolute atomic E-state index is 5.07. The summed E-state index contributed by atoms with van der Waals surface area (Å²) in [5, 5.41) is 5.42. The summed E-state index contributed by atoms with van der Waals surface area (Å²) < 4.78 is 0. The highest BCUT2D eigenvalue weighted by atomic mass is 28.3. The third-order valence-corrected chi connectivity index (χ3v) is 7.52. The summed E-state index contributed by atoms with van der Waals surface area (Å²) in [6.45, 7) is 14.1. The van der Waals surface area contributed by atoms with Gasteiger partial charge in [0.05, 0.1) is 19.3 Å². The van der Waals surface area contributed by atoms with Crippen molar-refractivity contribution < 1.29 is 0 Å². The molecule has 4 rings (SSSR count). The Labute approximate surface area is 169 Å². The number of hydrogen-bond acceptors (Lipinski definition) is 1. The third kappa shape index (κ3) is 3.38. The molecule has 1 nitrogen and oxygen atoms in total. The Bertz CT molecular complexity index is 1080. The second kappa shape index (κ2) is 6.56. The van der Waals surface area contributed by atoms with Crippen LogP contribution in [0.4, 0.5) is 0 Å². The number of fused-ring (bicyclic) bond motifs is 2. The summed E-state index contributed by atoms with van der Waals surface area (Å²) in [4.78, 5) is 5.07. The van der Waals surface area contributed by atoms with Gasteiger partial charge < -0.3 is 0 Å². The normalized spacial score (nSPS) is 12.6. The number of para-hydroxylation sites is 1. The first kappa shape index (κ1) is 18.9. The molecule has 28 heavy (non-hydrogen) atoms. The molecule has 0 radical (unpaired) electrons. The highest BCUT2D eigenvalue weighted by Gasteiger charge is 2.22. The standard InChI is InChI=1S/C26H29NSi/c1-26(2,3)22-16-19(15-18-11-7-8-12-20(18)22)24-17-25(28(4,5)6)21-13-9-10-14-23(21)27-24/h7-17H,1-6H3. The average molecular weight is 384 g/mol. The molecule has 0 saturated heterocycles. The molecule has 142 valence electrons. The van der Waals surface area contributed by atoms with E-state index in [-0.39, 0.29) is 5.41 Å². The summed E-state index contributed by atoms with van der Waals surface area (Å²) in [6.07, 6.45) is 0. The first-order chi connectivity index (χ1) is 13.1. The van der Waals surface area contributed by atoms with Crippen molar-refractivity contribution in [2.75, 3.05) is 0 Å². The second-order valence-corrected chi connectivity index (χ2v) is 14.9. The van der Waals surface area contributed by atoms with E-state index in [4.69, 9.17) is 4.98 Å². The number of benzene rings is 3. The smallest absolute Gasteiger partial charge is 0.0785 e. The van der Waals surface area contributed by atoms with E-state index in [1.165, 1.54) is 32.5 Å². The SMILES string of the molecule is CC(C)(C)c1cc(-c2cc([Si](C)(C)C)c3ccccc3n2)cc2ccccc12. The molecule has 1 aromatic heterocycles. The van der Waals surface area contributed by atoms with Crippen LogP contribution in [0, 0.1) is 0 Å². The molecule has 0 amide bonds. The lowest BCUT2D eigenvalue weighted by Gasteiger charge is -2.24. The van der Waals surface area contributed by atoms with Gasteiger partial charge in [-0.1, -0.05) is 82.9 Å². The van der Waals surface area contributed by atoms with Gasteiger partial charge in [0.1, 0.15) is 0 Å². The molecular formula is C26H29NSi. The van der Waals surface area contributed by atoms with E-state index in [1.54, 1.807) is 0 Å². The average Bonchev–Trinajstić information content (AvgIpc) is 2.64. The Kier molecular flexibility index (Phi) is 4.43. The molecule has 0 bridgehead atoms. The van der Waals surface area contributed by atoms with Crippen LogP contribution in [0.1, 0.15) is 26.3 Å². The quantitative estimate of drug-likeness (QED) is 0.343. The third-order valence-electron chi connectivity index (χ3n) is 5.49. The fraction of sp³-hybridized carbons (Fsp3) is 0.269. The summed E-state index contributed by atoms with van der Waals surface area (Å²) in [7, 11) is -1.51. The zero-order valence-corrected chi connectivity index (χ0v) is 18.8. The maximum Gasteiger partial charge on any atom is 0.0785 e. The number of nitrogens with zero attached hydrogens (tertiary/aromatic N) is 1. The van der Waals surface area contributed by atoms with E-state index < -0.39 is 8.07 Å². The van der Waals surface area contributed by atoms with Gasteiger partial charge in [-0.25, -0.2) is 4.98 Å². The Balaban J connectivity index is 2.05. The molecule has 3 aromatic carbocycles. The summed E-state index contributed by atoms with van der Waals surface area (Å²) in [6, 6.07) is 24.3. The largest absolute Gasteiger partial charge is 0.248 e. The van der Waals surface area contributed by atoms with Gasteiger partial charge in [-0.15, -0.1) is 0 Å². The lowest BCUT2D eigenvalue weighted by atomic mass is 9.82. The van der Waals surface area contributed by atoms with Gasteiger partial charge in [-0.2, -0.15) is 0 Å². The minimum absolute atomic E-state index is 0.0774. The second-order valence-electron chi connectivity index (χ2n) is 9.82. The molecule has 0 aliphatic heterocycles. The van der Waals surface area contributed by atoms with Crippen molar-refractivity contribution in [3.05, 3.63) is 72.3 Å². The van der Waals surface area contributed by atoms with Crippen LogP contribution in [-0.2, 0) is 5.41 Å². The van der Waals surface area contributed by atoms with Gasteiger partial charge >= 0.3 is 0 Å². The van der Waals surface area contributed by atoms with Crippen molar-refractivity contribution in [2.24, 2.45) is 0 Å². The van der Waals surface area contributed by atoms with E-state index in [0.29, 0.717) is 0 Å². The number of hydrogen-bond donors (Lipinski definition) is 0. The van der Waals surface area contributed by atoms with Crippen LogP contribution in [0.15, 0.2) is 66.7 Å². The summed E-state index contributed by atoms with van der Waals surface area (Å²) in [5.41, 5.74) is 4.86. The Morgan fingerprint density at radius 3 is 2.07 bits per heavy atom. The molecule has 0 aliphatic rings. The van der Waals surface area contributed by atoms with E-state index in [2.05, 4.69) is 107 Å². The van der Waals surface area contributed by atoms with E-state index in [9.17, 15) is 0 Å². The highest BCUT2D eigenvalue weighted by molar-refractivity contribution is 6.90. The molecule has 0 saturated carbocycles. The molecule has 0 spiro atoms. The highest BCUT2D eigenvalue weighted by Crippen LogP contribution is 2.34. The van der Waals surface area contributed by atoms with Crippen molar-refractivity contribution in [1.29, 1.82) is 0 Å². The van der Waals surface area contributed by atoms with Crippen LogP contribution in [-0.4, -0.2) is 13.1 Å². The monoisotopic (exact) mass is 383 g/mol. The predicted molar refractivity (Wildman–Crippen MR) is 126 cm³/mol. The number of rotatable bonds is 2. The number of pyridine rings is 1. The van der Waals surface area contributed by atoms with E-state index in [1.807, 2.05) is 0 Å². The topological polar surface area (TPSA) is 12.9 Å². The fourth-order valence-electron chi connectivity index (χ4n) is 4.02. The van der Waals surface area contributed by atoms with Crippen LogP contribution < -0.4 is 5.19 Å². The van der Waals surface area contributed by atoms with Gasteiger partial charge in [0.2, 0.25) is 0 Å². The molecule has 0 unspecified atom stereocenters. The molecule has 2 heteroatoms. The van der Waals surface area contributed by atoms with Gasteiger partial charge in [0.25, 0.3) is 0 Å². The van der Waals surface area contributed by atoms with Gasteiger partial charge in [0, 0.05) is 5.56 Å². The van der Waals surface area contributed by atoms with Gasteiger partial charge in [-0.3, -0.25) is 0 Å². The van der Waals surface area contributed by atoms with Crippen LogP contribution in [0.2, 0.25) is 19.6 Å². The first-order valence-electron chi connectivity index (χ1n) is 10.1. The zero-order valence-electron chi connectivity index (χ0n) is 17.8. The Morgan fingerprint density at radius 2 is 1.39 bits per heavy atom. The van der Waals surface area contributed by atoms with Gasteiger partial charge in [-0.05, 0) is 56.6 Å². The summed E-state index contributed by atoms with van der Waals surface area (Å²) >= 11 is 0. The van der Waals surface area contributed by atoms with Crippen molar-refractivity contribution in [3.8, 4) is 11.3 Å². The molecule has 0 atom stereocenters. The molecular weight excluding hydrogens is 354 g/mol. The van der Waals surface area contributed by atoms with Gasteiger partial charge in [0.15, 0.2) is 0 Å². The predicted octanol–water partition coefficient (Wildman–Crippen LogP) is 6.90. The minimum Gasteiger partial charge on any atom is -0.248 e. The van der Waals surface area contributed by atoms with Crippen LogP contribution >= 0.6 is 0 Å². The lowest BCUT2D eigenvalue weighted by Crippen LogP contribution is -2.38. The van der Waals surface area contributed by atoms with Crippen LogP contribution in [0.5, 0.6) is 0 Å². The molecule has 1 heterocycles. The molecule has 4 aromatic rings. The fourth-order valence-corrected chi connectivity index (χ4v) is 5.61. The van der Waals surface area contributed by atoms with Crippen molar-refractivity contribution in [2.45, 2.75) is 45.8 Å². The first-order valence-corrected chi connectivity index (χ1v) is 13.6. The number of aromatic nitrogens is 1. The van der Waals surface area contributed by atoms with Crippen molar-refractivity contribution >= 4 is 34.9 Å². The van der Waals surface area contributed by atoms with Crippen molar-refractivity contribution in [3.63, 3.8) is 0 Å². The van der Waals surface area contributed by atoms with Crippen LogP contribution in [0.25, 0.3) is 32.9 Å². The minimum atomic E-state index is -1.51. The molecule has 0 N–H and O–H groups in total. The summed E-state index contributed by atoms with van der Waals surface area (Å²) in [5.74, 6) is 0. The van der Waals surface area contributed by atoms with E-state index >= 15 is 0 Å². The molecule has 0 aliphatic carbocycles.